The number of hydrogen-bond donors (Lipinski definition) is 3. The number of aliphatic hydroxyl groups is 1. The summed E-state index contributed by atoms with van der Waals surface area (Å²) in [5, 5.41) is 15.6. The predicted octanol–water partition coefficient (Wildman–Crippen LogP) is 3.00. The third kappa shape index (κ3) is 5.23. The van der Waals surface area contributed by atoms with Gasteiger partial charge in [-0.3, -0.25) is 4.79 Å². The van der Waals surface area contributed by atoms with Gasteiger partial charge in [-0.15, -0.1) is 0 Å². The van der Waals surface area contributed by atoms with Crippen molar-refractivity contribution in [3.63, 3.8) is 0 Å². The molecule has 1 amide bonds. The lowest BCUT2D eigenvalue weighted by atomic mass is 10.0. The Balaban J connectivity index is 1.92. The van der Waals surface area contributed by atoms with Crippen LogP contribution >= 0.6 is 11.6 Å². The third-order valence-corrected chi connectivity index (χ3v) is 3.86. The van der Waals surface area contributed by atoms with Crippen molar-refractivity contribution in [3.05, 3.63) is 59.1 Å². The number of ether oxygens (including phenoxy) is 1. The molecule has 0 radical (unpaired) electrons. The first-order chi connectivity index (χ1) is 11.6. The normalized spacial score (nSPS) is 11.8. The maximum atomic E-state index is 12.1. The summed E-state index contributed by atoms with van der Waals surface area (Å²) in [7, 11) is 1.54. The summed E-state index contributed by atoms with van der Waals surface area (Å²) in [5.41, 5.74) is 1.64. The Kier molecular flexibility index (Phi) is 7.06. The Morgan fingerprint density at radius 3 is 2.62 bits per heavy atom. The van der Waals surface area contributed by atoms with Crippen LogP contribution < -0.4 is 15.4 Å². The monoisotopic (exact) mass is 348 g/mol. The van der Waals surface area contributed by atoms with Crippen LogP contribution in [0.4, 0.5) is 5.69 Å². The number of carbonyl (C=O) groups excluding carboxylic acids is 1. The molecular weight excluding hydrogens is 328 g/mol. The fraction of sp³-hybridized carbons (Fsp3) is 0.278. The second-order valence-electron chi connectivity index (χ2n) is 5.25. The maximum absolute atomic E-state index is 12.1. The van der Waals surface area contributed by atoms with Gasteiger partial charge in [-0.1, -0.05) is 41.9 Å². The lowest BCUT2D eigenvalue weighted by Crippen LogP contribution is -2.31. The first kappa shape index (κ1) is 18.3. The van der Waals surface area contributed by atoms with E-state index in [9.17, 15) is 9.90 Å². The molecule has 128 valence electrons. The van der Waals surface area contributed by atoms with Crippen LogP contribution in [0.15, 0.2) is 48.5 Å². The number of anilines is 1. The largest absolute Gasteiger partial charge is 0.495 e. The number of rotatable bonds is 8. The van der Waals surface area contributed by atoms with Crippen LogP contribution in [0.1, 0.15) is 18.0 Å². The van der Waals surface area contributed by atoms with Gasteiger partial charge in [0.1, 0.15) is 5.75 Å². The Hall–Kier alpha value is -2.08. The molecule has 0 aliphatic heterocycles. The molecule has 2 rings (SSSR count). The molecule has 2 aromatic carbocycles. The van der Waals surface area contributed by atoms with Crippen LogP contribution in [-0.2, 0) is 4.79 Å². The van der Waals surface area contributed by atoms with Crippen molar-refractivity contribution >= 4 is 23.2 Å². The van der Waals surface area contributed by atoms with Crippen LogP contribution in [0.5, 0.6) is 5.75 Å². The lowest BCUT2D eigenvalue weighted by molar-refractivity contribution is -0.115. The predicted molar refractivity (Wildman–Crippen MR) is 95.5 cm³/mol. The number of benzene rings is 2. The molecule has 24 heavy (non-hydrogen) atoms. The minimum atomic E-state index is -0.185. The molecule has 3 N–H and O–H groups in total. The van der Waals surface area contributed by atoms with Gasteiger partial charge >= 0.3 is 0 Å². The van der Waals surface area contributed by atoms with E-state index in [1.165, 1.54) is 7.11 Å². The molecule has 5 nitrogen and oxygen atoms in total. The molecule has 2 aromatic rings. The van der Waals surface area contributed by atoms with Gasteiger partial charge in [-0.25, -0.2) is 0 Å². The van der Waals surface area contributed by atoms with Crippen molar-refractivity contribution in [3.8, 4) is 5.75 Å². The number of aliphatic hydroxyl groups excluding tert-OH is 1. The van der Waals surface area contributed by atoms with Gasteiger partial charge in [0.25, 0.3) is 0 Å². The average Bonchev–Trinajstić information content (AvgIpc) is 2.59. The van der Waals surface area contributed by atoms with E-state index in [4.69, 9.17) is 16.3 Å². The smallest absolute Gasteiger partial charge is 0.238 e. The van der Waals surface area contributed by atoms with E-state index < -0.39 is 0 Å². The highest BCUT2D eigenvalue weighted by atomic mass is 35.5. The molecule has 0 heterocycles. The zero-order valence-electron chi connectivity index (χ0n) is 13.5. The van der Waals surface area contributed by atoms with Crippen molar-refractivity contribution in [1.82, 2.24) is 5.32 Å². The summed E-state index contributed by atoms with van der Waals surface area (Å²) >= 11 is 6.04. The molecule has 0 bridgehead atoms. The van der Waals surface area contributed by atoms with Crippen molar-refractivity contribution in [1.29, 1.82) is 0 Å². The molecule has 6 heteroatoms. The number of carbonyl (C=O) groups is 1. The Bertz CT molecular complexity index is 665. The lowest BCUT2D eigenvalue weighted by Gasteiger charge is -2.18. The molecule has 0 saturated carbocycles. The van der Waals surface area contributed by atoms with Crippen molar-refractivity contribution in [2.75, 3.05) is 25.6 Å². The second-order valence-corrected chi connectivity index (χ2v) is 5.66. The highest BCUT2D eigenvalue weighted by Crippen LogP contribution is 2.27. The summed E-state index contributed by atoms with van der Waals surface area (Å²) < 4.78 is 5.08. The zero-order chi connectivity index (χ0) is 17.4. The first-order valence-electron chi connectivity index (χ1n) is 7.66. The fourth-order valence-electron chi connectivity index (χ4n) is 2.37. The van der Waals surface area contributed by atoms with E-state index >= 15 is 0 Å². The van der Waals surface area contributed by atoms with E-state index in [2.05, 4.69) is 10.6 Å². The summed E-state index contributed by atoms with van der Waals surface area (Å²) in [6.07, 6.45) is 0.533. The van der Waals surface area contributed by atoms with E-state index in [-0.39, 0.29) is 25.1 Å². The number of nitrogens with one attached hydrogen (secondary N) is 2. The van der Waals surface area contributed by atoms with Gasteiger partial charge < -0.3 is 20.5 Å². The van der Waals surface area contributed by atoms with E-state index in [1.54, 1.807) is 18.2 Å². The summed E-state index contributed by atoms with van der Waals surface area (Å²) in [6.45, 7) is 0.172. The van der Waals surface area contributed by atoms with Crippen LogP contribution in [0, 0.1) is 0 Å². The summed E-state index contributed by atoms with van der Waals surface area (Å²) in [4.78, 5) is 12.1. The van der Waals surface area contributed by atoms with Gasteiger partial charge in [0, 0.05) is 18.3 Å². The second kappa shape index (κ2) is 9.27. The number of amides is 1. The molecule has 0 fully saturated rings. The standard InChI is InChI=1S/C18H21ClN2O3/c1-24-17-8-7-14(11-15(17)19)21-18(23)12-20-16(9-10-22)13-5-3-2-4-6-13/h2-8,11,16,20,22H,9-10,12H2,1H3,(H,21,23). The molecule has 1 unspecified atom stereocenters. The summed E-state index contributed by atoms with van der Waals surface area (Å²) in [6, 6.07) is 14.7. The van der Waals surface area contributed by atoms with Gasteiger partial charge in [-0.05, 0) is 30.2 Å². The van der Waals surface area contributed by atoms with Crippen LogP contribution in [-0.4, -0.2) is 31.3 Å². The van der Waals surface area contributed by atoms with Crippen molar-refractivity contribution in [2.45, 2.75) is 12.5 Å². The number of hydrogen-bond acceptors (Lipinski definition) is 4. The molecular formula is C18H21ClN2O3. The van der Waals surface area contributed by atoms with Gasteiger partial charge in [0.05, 0.1) is 18.7 Å². The highest BCUT2D eigenvalue weighted by molar-refractivity contribution is 6.32. The molecule has 0 aliphatic carbocycles. The molecule has 1 atom stereocenters. The van der Waals surface area contributed by atoms with Crippen LogP contribution in [0.2, 0.25) is 5.02 Å². The Morgan fingerprint density at radius 2 is 2.00 bits per heavy atom. The number of halogens is 1. The Morgan fingerprint density at radius 1 is 1.25 bits per heavy atom. The minimum absolute atomic E-state index is 0.0439. The molecule has 0 aliphatic rings. The van der Waals surface area contributed by atoms with Crippen molar-refractivity contribution < 1.29 is 14.6 Å². The quantitative estimate of drug-likeness (QED) is 0.686. The van der Waals surface area contributed by atoms with Crippen LogP contribution in [0.3, 0.4) is 0 Å². The van der Waals surface area contributed by atoms with Gasteiger partial charge in [-0.2, -0.15) is 0 Å². The van der Waals surface area contributed by atoms with Gasteiger partial charge in [0.15, 0.2) is 0 Å². The van der Waals surface area contributed by atoms with Crippen LogP contribution in [0.25, 0.3) is 0 Å². The fourth-order valence-corrected chi connectivity index (χ4v) is 2.62. The summed E-state index contributed by atoms with van der Waals surface area (Å²) in [5.74, 6) is 0.370. The third-order valence-electron chi connectivity index (χ3n) is 3.56. The zero-order valence-corrected chi connectivity index (χ0v) is 14.2. The molecule has 0 aromatic heterocycles. The average molecular weight is 349 g/mol. The Labute approximate surface area is 146 Å². The minimum Gasteiger partial charge on any atom is -0.495 e. The van der Waals surface area contributed by atoms with E-state index in [1.807, 2.05) is 30.3 Å². The highest BCUT2D eigenvalue weighted by Gasteiger charge is 2.12. The van der Waals surface area contributed by atoms with Crippen molar-refractivity contribution in [2.24, 2.45) is 0 Å². The number of methoxy groups -OCH3 is 1. The van der Waals surface area contributed by atoms with E-state index in [0.717, 1.165) is 5.56 Å². The van der Waals surface area contributed by atoms with E-state index in [0.29, 0.717) is 22.9 Å². The maximum Gasteiger partial charge on any atom is 0.238 e. The van der Waals surface area contributed by atoms with Gasteiger partial charge in [0.2, 0.25) is 5.91 Å². The topological polar surface area (TPSA) is 70.6 Å². The molecule has 0 saturated heterocycles. The molecule has 0 spiro atoms. The first-order valence-corrected chi connectivity index (χ1v) is 8.04. The SMILES string of the molecule is COc1ccc(NC(=O)CNC(CCO)c2ccccc2)cc1Cl.